The van der Waals surface area contributed by atoms with E-state index in [9.17, 15) is 4.79 Å². The van der Waals surface area contributed by atoms with Crippen LogP contribution in [0.4, 0.5) is 0 Å². The van der Waals surface area contributed by atoms with Gasteiger partial charge in [-0.3, -0.25) is 4.79 Å². The van der Waals surface area contributed by atoms with E-state index >= 15 is 0 Å². The standard InChI is InChI=1S/C20H24O/c1-5-8-13-18(11-6-2)20(21)17(7-3)15-19-14-10-9-12-16(19)4/h5-8,11,13,15H,1-2,4,9-10,12,14H2,3H3/b13-8-,17-7+,18-11+,19-15-. The summed E-state index contributed by atoms with van der Waals surface area (Å²) >= 11 is 0. The molecule has 0 heterocycles. The van der Waals surface area contributed by atoms with Gasteiger partial charge in [-0.1, -0.05) is 61.8 Å². The fourth-order valence-electron chi connectivity index (χ4n) is 2.31. The minimum Gasteiger partial charge on any atom is -0.289 e. The first-order valence-electron chi connectivity index (χ1n) is 7.35. The number of Topliss-reactive ketones (excluding diaryl/α,β-unsaturated/α-hetero) is 1. The van der Waals surface area contributed by atoms with E-state index in [2.05, 4.69) is 19.7 Å². The summed E-state index contributed by atoms with van der Waals surface area (Å²) in [6.45, 7) is 13.3. The number of allylic oxidation sites excluding steroid dienone is 11. The maximum atomic E-state index is 12.6. The lowest BCUT2D eigenvalue weighted by Gasteiger charge is -2.17. The van der Waals surface area contributed by atoms with Crippen molar-refractivity contribution in [2.45, 2.75) is 32.6 Å². The Bertz CT molecular complexity index is 550. The van der Waals surface area contributed by atoms with Crippen molar-refractivity contribution in [3.05, 3.63) is 84.6 Å². The van der Waals surface area contributed by atoms with E-state index in [4.69, 9.17) is 0 Å². The fraction of sp³-hybridized carbons (Fsp3) is 0.250. The normalized spacial score (nSPS) is 19.1. The molecule has 0 aromatic rings. The van der Waals surface area contributed by atoms with Gasteiger partial charge in [0.05, 0.1) is 0 Å². The van der Waals surface area contributed by atoms with Crippen LogP contribution in [-0.2, 0) is 4.79 Å². The molecule has 1 saturated carbocycles. The summed E-state index contributed by atoms with van der Waals surface area (Å²) < 4.78 is 0. The van der Waals surface area contributed by atoms with E-state index in [0.717, 1.165) is 18.4 Å². The van der Waals surface area contributed by atoms with Crippen molar-refractivity contribution in [1.82, 2.24) is 0 Å². The molecule has 0 aromatic carbocycles. The van der Waals surface area contributed by atoms with E-state index in [1.54, 1.807) is 30.4 Å². The Balaban J connectivity index is 3.05. The summed E-state index contributed by atoms with van der Waals surface area (Å²) in [6, 6.07) is 0. The number of rotatable bonds is 6. The number of ketones is 1. The second-order valence-corrected chi connectivity index (χ2v) is 5.01. The van der Waals surface area contributed by atoms with Gasteiger partial charge in [0.25, 0.3) is 0 Å². The second-order valence-electron chi connectivity index (χ2n) is 5.01. The van der Waals surface area contributed by atoms with Crippen LogP contribution in [0.1, 0.15) is 32.6 Å². The lowest BCUT2D eigenvalue weighted by molar-refractivity contribution is -0.111. The van der Waals surface area contributed by atoms with Crippen molar-refractivity contribution in [3.63, 3.8) is 0 Å². The number of carbonyl (C=O) groups excluding carboxylic acids is 1. The molecule has 0 spiro atoms. The molecule has 0 unspecified atom stereocenters. The molecule has 110 valence electrons. The van der Waals surface area contributed by atoms with Gasteiger partial charge in [-0.05, 0) is 44.3 Å². The van der Waals surface area contributed by atoms with Crippen molar-refractivity contribution in [3.8, 4) is 0 Å². The van der Waals surface area contributed by atoms with Gasteiger partial charge in [-0.25, -0.2) is 0 Å². The molecular weight excluding hydrogens is 256 g/mol. The van der Waals surface area contributed by atoms with Gasteiger partial charge in [0.15, 0.2) is 5.78 Å². The lowest BCUT2D eigenvalue weighted by atomic mass is 9.88. The third-order valence-electron chi connectivity index (χ3n) is 3.50. The highest BCUT2D eigenvalue weighted by Crippen LogP contribution is 2.28. The molecule has 1 nitrogen and oxygen atoms in total. The minimum absolute atomic E-state index is 0.00127. The highest BCUT2D eigenvalue weighted by Gasteiger charge is 2.14. The zero-order valence-electron chi connectivity index (χ0n) is 12.9. The molecule has 0 amide bonds. The van der Waals surface area contributed by atoms with E-state index in [1.807, 2.05) is 19.1 Å². The Kier molecular flexibility index (Phi) is 7.17. The van der Waals surface area contributed by atoms with Crippen LogP contribution in [0.5, 0.6) is 0 Å². The van der Waals surface area contributed by atoms with Gasteiger partial charge in [-0.2, -0.15) is 0 Å². The topological polar surface area (TPSA) is 17.1 Å². The van der Waals surface area contributed by atoms with E-state index in [-0.39, 0.29) is 5.78 Å². The molecule has 0 bridgehead atoms. The predicted molar refractivity (Wildman–Crippen MR) is 92.1 cm³/mol. The van der Waals surface area contributed by atoms with Crippen LogP contribution in [-0.4, -0.2) is 5.78 Å². The summed E-state index contributed by atoms with van der Waals surface area (Å²) in [7, 11) is 0. The van der Waals surface area contributed by atoms with Crippen LogP contribution in [0.25, 0.3) is 0 Å². The summed E-state index contributed by atoms with van der Waals surface area (Å²) in [5.41, 5.74) is 3.67. The van der Waals surface area contributed by atoms with Gasteiger partial charge in [0.1, 0.15) is 0 Å². The van der Waals surface area contributed by atoms with Gasteiger partial charge >= 0.3 is 0 Å². The maximum absolute atomic E-state index is 12.6. The Morgan fingerprint density at radius 1 is 1.10 bits per heavy atom. The maximum Gasteiger partial charge on any atom is 0.192 e. The van der Waals surface area contributed by atoms with Gasteiger partial charge in [0.2, 0.25) is 0 Å². The smallest absolute Gasteiger partial charge is 0.192 e. The highest BCUT2D eigenvalue weighted by atomic mass is 16.1. The van der Waals surface area contributed by atoms with Gasteiger partial charge < -0.3 is 0 Å². The first-order valence-corrected chi connectivity index (χ1v) is 7.35. The molecule has 1 heteroatoms. The number of hydrogen-bond donors (Lipinski definition) is 0. The first kappa shape index (κ1) is 16.9. The van der Waals surface area contributed by atoms with Crippen molar-refractivity contribution in [2.75, 3.05) is 0 Å². The Morgan fingerprint density at radius 3 is 2.38 bits per heavy atom. The molecule has 0 aliphatic heterocycles. The molecule has 21 heavy (non-hydrogen) atoms. The summed E-state index contributed by atoms with van der Waals surface area (Å²) in [4.78, 5) is 12.6. The monoisotopic (exact) mass is 280 g/mol. The largest absolute Gasteiger partial charge is 0.289 e. The summed E-state index contributed by atoms with van der Waals surface area (Å²) in [5.74, 6) is 0.00127. The third kappa shape index (κ3) is 5.03. The van der Waals surface area contributed by atoms with Crippen molar-refractivity contribution in [2.24, 2.45) is 0 Å². The van der Waals surface area contributed by atoms with Crippen molar-refractivity contribution >= 4 is 5.78 Å². The molecule has 1 rings (SSSR count). The number of carbonyl (C=O) groups is 1. The van der Waals surface area contributed by atoms with Crippen LogP contribution in [0, 0.1) is 0 Å². The van der Waals surface area contributed by atoms with Crippen LogP contribution in [0.2, 0.25) is 0 Å². The lowest BCUT2D eigenvalue weighted by Crippen LogP contribution is -2.05. The SMILES string of the molecule is C=C/C=C\C(=C/C=C)C(=O)C(/C=C1/CCCCC1=C)=C/C. The summed E-state index contributed by atoms with van der Waals surface area (Å²) in [6.07, 6.45) is 16.8. The third-order valence-corrected chi connectivity index (χ3v) is 3.50. The molecule has 0 saturated heterocycles. The fourth-order valence-corrected chi connectivity index (χ4v) is 2.31. The Labute approximate surface area is 128 Å². The van der Waals surface area contributed by atoms with E-state index in [0.29, 0.717) is 11.1 Å². The molecule has 0 atom stereocenters. The molecule has 1 aliphatic rings. The first-order chi connectivity index (χ1) is 10.1. The molecule has 1 fully saturated rings. The molecular formula is C20H24O. The second kappa shape index (κ2) is 8.91. The van der Waals surface area contributed by atoms with Gasteiger partial charge in [-0.15, -0.1) is 0 Å². The quantitative estimate of drug-likeness (QED) is 0.469. The average molecular weight is 280 g/mol. The van der Waals surface area contributed by atoms with Gasteiger partial charge in [0, 0.05) is 11.1 Å². The summed E-state index contributed by atoms with van der Waals surface area (Å²) in [5, 5.41) is 0. The van der Waals surface area contributed by atoms with Crippen LogP contribution >= 0.6 is 0 Å². The minimum atomic E-state index is 0.00127. The molecule has 1 aliphatic carbocycles. The van der Waals surface area contributed by atoms with E-state index < -0.39 is 0 Å². The highest BCUT2D eigenvalue weighted by molar-refractivity contribution is 6.12. The van der Waals surface area contributed by atoms with Crippen LogP contribution in [0.15, 0.2) is 84.6 Å². The van der Waals surface area contributed by atoms with E-state index in [1.165, 1.54) is 18.4 Å². The molecule has 0 aromatic heterocycles. The van der Waals surface area contributed by atoms with Crippen LogP contribution < -0.4 is 0 Å². The molecule has 0 radical (unpaired) electrons. The molecule has 0 N–H and O–H groups in total. The Hall–Kier alpha value is -2.15. The van der Waals surface area contributed by atoms with Crippen molar-refractivity contribution < 1.29 is 4.79 Å². The average Bonchev–Trinajstić information content (AvgIpc) is 2.50. The van der Waals surface area contributed by atoms with Crippen LogP contribution in [0.3, 0.4) is 0 Å². The number of hydrogen-bond acceptors (Lipinski definition) is 1. The zero-order chi connectivity index (χ0) is 15.7. The Morgan fingerprint density at radius 2 is 1.81 bits per heavy atom. The van der Waals surface area contributed by atoms with Crippen molar-refractivity contribution in [1.29, 1.82) is 0 Å². The zero-order valence-corrected chi connectivity index (χ0v) is 12.9. The predicted octanol–water partition coefficient (Wildman–Crippen LogP) is 5.41.